The zero-order valence-electron chi connectivity index (χ0n) is 14.8. The van der Waals surface area contributed by atoms with Gasteiger partial charge in [0.2, 0.25) is 5.91 Å². The molecule has 144 valence electrons. The van der Waals surface area contributed by atoms with Crippen LogP contribution in [0.1, 0.15) is 24.8 Å². The Balaban J connectivity index is 1.67. The van der Waals surface area contributed by atoms with Crippen LogP contribution >= 0.6 is 0 Å². The average Bonchev–Trinajstić information content (AvgIpc) is 2.64. The summed E-state index contributed by atoms with van der Waals surface area (Å²) in [6.45, 7) is -1.14. The molecule has 0 aromatic heterocycles. The first kappa shape index (κ1) is 19.1. The quantitative estimate of drug-likeness (QED) is 0.799. The number of carbonyl (C=O) groups excluding carboxylic acids is 1. The van der Waals surface area contributed by atoms with Crippen molar-refractivity contribution in [1.82, 2.24) is 0 Å². The third-order valence-electron chi connectivity index (χ3n) is 4.44. The molecule has 3 rings (SSSR count). The number of nitrogens with zero attached hydrogens (tertiary/aromatic N) is 1. The summed E-state index contributed by atoms with van der Waals surface area (Å²) in [5, 5.41) is 2.77. The van der Waals surface area contributed by atoms with Gasteiger partial charge >= 0.3 is 6.61 Å². The Hall–Kier alpha value is -2.70. The molecule has 0 spiro atoms. The molecule has 0 unspecified atom stereocenters. The number of benzene rings is 2. The Labute approximate surface area is 155 Å². The van der Waals surface area contributed by atoms with Gasteiger partial charge < -0.3 is 15.0 Å². The topological polar surface area (TPSA) is 41.6 Å². The van der Waals surface area contributed by atoms with Crippen molar-refractivity contribution in [3.8, 4) is 5.75 Å². The van der Waals surface area contributed by atoms with Gasteiger partial charge in [-0.25, -0.2) is 4.39 Å². The van der Waals surface area contributed by atoms with E-state index in [2.05, 4.69) is 15.0 Å². The molecule has 2 aromatic carbocycles. The Kier molecular flexibility index (Phi) is 6.21. The van der Waals surface area contributed by atoms with Crippen molar-refractivity contribution >= 4 is 17.3 Å². The number of amides is 1. The minimum absolute atomic E-state index is 0.0340. The maximum Gasteiger partial charge on any atom is 0.387 e. The second-order valence-corrected chi connectivity index (χ2v) is 6.46. The van der Waals surface area contributed by atoms with Crippen molar-refractivity contribution in [2.45, 2.75) is 32.3 Å². The molecule has 0 atom stereocenters. The van der Waals surface area contributed by atoms with Crippen molar-refractivity contribution in [3.63, 3.8) is 0 Å². The first-order chi connectivity index (χ1) is 13.0. The number of rotatable bonds is 6. The molecule has 1 fully saturated rings. The SMILES string of the molecule is O=C(Cc1ccc(OC(F)F)cc1)Nc1cc(F)ccc1N1CCCCC1. The molecule has 0 aliphatic carbocycles. The lowest BCUT2D eigenvalue weighted by Gasteiger charge is -2.30. The smallest absolute Gasteiger partial charge is 0.387 e. The van der Waals surface area contributed by atoms with E-state index >= 15 is 0 Å². The van der Waals surface area contributed by atoms with Gasteiger partial charge in [0, 0.05) is 13.1 Å². The highest BCUT2D eigenvalue weighted by atomic mass is 19.3. The molecule has 0 radical (unpaired) electrons. The second kappa shape index (κ2) is 8.79. The number of hydrogen-bond acceptors (Lipinski definition) is 3. The predicted molar refractivity (Wildman–Crippen MR) is 97.9 cm³/mol. The van der Waals surface area contributed by atoms with Gasteiger partial charge in [0.05, 0.1) is 17.8 Å². The van der Waals surface area contributed by atoms with E-state index < -0.39 is 12.4 Å². The predicted octanol–water partition coefficient (Wildman–Crippen LogP) is 4.60. The van der Waals surface area contributed by atoms with E-state index in [0.29, 0.717) is 11.3 Å². The number of ether oxygens (including phenoxy) is 1. The van der Waals surface area contributed by atoms with E-state index in [1.807, 2.05) is 0 Å². The molecule has 27 heavy (non-hydrogen) atoms. The number of hydrogen-bond donors (Lipinski definition) is 1. The first-order valence-corrected chi connectivity index (χ1v) is 8.89. The summed E-state index contributed by atoms with van der Waals surface area (Å²) in [6, 6.07) is 10.3. The molecule has 1 N–H and O–H groups in total. The summed E-state index contributed by atoms with van der Waals surface area (Å²) >= 11 is 0. The third kappa shape index (κ3) is 5.39. The number of anilines is 2. The molecule has 2 aromatic rings. The van der Waals surface area contributed by atoms with Gasteiger partial charge in [-0.3, -0.25) is 4.79 Å². The van der Waals surface area contributed by atoms with Crippen molar-refractivity contribution in [2.75, 3.05) is 23.3 Å². The van der Waals surface area contributed by atoms with E-state index in [0.717, 1.165) is 31.6 Å². The molecule has 1 saturated heterocycles. The number of carbonyl (C=O) groups is 1. The molecule has 1 aliphatic heterocycles. The standard InChI is InChI=1S/C20H21F3N2O2/c21-15-6-9-18(25-10-2-1-3-11-25)17(13-15)24-19(26)12-14-4-7-16(8-5-14)27-20(22)23/h4-9,13,20H,1-3,10-12H2,(H,24,26). The van der Waals surface area contributed by atoms with Crippen molar-refractivity contribution in [3.05, 3.63) is 53.8 Å². The lowest BCUT2D eigenvalue weighted by molar-refractivity contribution is -0.115. The minimum Gasteiger partial charge on any atom is -0.435 e. The van der Waals surface area contributed by atoms with Gasteiger partial charge in [-0.1, -0.05) is 12.1 Å². The average molecular weight is 378 g/mol. The van der Waals surface area contributed by atoms with E-state index in [1.165, 1.54) is 30.7 Å². The van der Waals surface area contributed by atoms with Crippen molar-refractivity contribution in [2.24, 2.45) is 0 Å². The molecule has 1 heterocycles. The van der Waals surface area contributed by atoms with Gasteiger partial charge in [0.15, 0.2) is 0 Å². The van der Waals surface area contributed by atoms with Crippen molar-refractivity contribution in [1.29, 1.82) is 0 Å². The largest absolute Gasteiger partial charge is 0.435 e. The molecule has 0 bridgehead atoms. The fourth-order valence-corrected chi connectivity index (χ4v) is 3.19. The molecule has 4 nitrogen and oxygen atoms in total. The van der Waals surface area contributed by atoms with Gasteiger partial charge in [-0.05, 0) is 55.2 Å². The van der Waals surface area contributed by atoms with Crippen LogP contribution in [-0.4, -0.2) is 25.6 Å². The van der Waals surface area contributed by atoms with Crippen LogP contribution in [0.4, 0.5) is 24.5 Å². The van der Waals surface area contributed by atoms with Crippen LogP contribution < -0.4 is 15.0 Å². The Morgan fingerprint density at radius 2 is 1.78 bits per heavy atom. The van der Waals surface area contributed by atoms with Crippen LogP contribution in [0.5, 0.6) is 5.75 Å². The summed E-state index contributed by atoms with van der Waals surface area (Å²) in [4.78, 5) is 14.5. The molecule has 0 saturated carbocycles. The van der Waals surface area contributed by atoms with Gasteiger partial charge in [0.1, 0.15) is 11.6 Å². The summed E-state index contributed by atoms with van der Waals surface area (Å²) in [5.41, 5.74) is 1.90. The Morgan fingerprint density at radius 3 is 2.44 bits per heavy atom. The van der Waals surface area contributed by atoms with Crippen LogP contribution in [0, 0.1) is 5.82 Å². The maximum atomic E-state index is 13.7. The fraction of sp³-hybridized carbons (Fsp3) is 0.350. The number of nitrogens with one attached hydrogen (secondary N) is 1. The highest BCUT2D eigenvalue weighted by Crippen LogP contribution is 2.29. The fourth-order valence-electron chi connectivity index (χ4n) is 3.19. The van der Waals surface area contributed by atoms with Crippen LogP contribution in [0.25, 0.3) is 0 Å². The van der Waals surface area contributed by atoms with Crippen LogP contribution in [0.3, 0.4) is 0 Å². The van der Waals surface area contributed by atoms with Gasteiger partial charge in [0.25, 0.3) is 0 Å². The molecule has 1 amide bonds. The van der Waals surface area contributed by atoms with Gasteiger partial charge in [-0.2, -0.15) is 8.78 Å². The summed E-state index contributed by atoms with van der Waals surface area (Å²) in [5.74, 6) is -0.687. The Bertz CT molecular complexity index is 775. The second-order valence-electron chi connectivity index (χ2n) is 6.46. The first-order valence-electron chi connectivity index (χ1n) is 8.89. The van der Waals surface area contributed by atoms with E-state index in [-0.39, 0.29) is 18.1 Å². The van der Waals surface area contributed by atoms with Crippen LogP contribution in [0.2, 0.25) is 0 Å². The molecule has 1 aliphatic rings. The monoisotopic (exact) mass is 378 g/mol. The zero-order valence-corrected chi connectivity index (χ0v) is 14.8. The van der Waals surface area contributed by atoms with E-state index in [4.69, 9.17) is 0 Å². The lowest BCUT2D eigenvalue weighted by Crippen LogP contribution is -2.30. The summed E-state index contributed by atoms with van der Waals surface area (Å²) < 4.78 is 42.3. The maximum absolute atomic E-state index is 13.7. The highest BCUT2D eigenvalue weighted by molar-refractivity contribution is 5.95. The molecular weight excluding hydrogens is 357 g/mol. The summed E-state index contributed by atoms with van der Waals surface area (Å²) in [6.07, 6.45) is 3.35. The number of alkyl halides is 2. The van der Waals surface area contributed by atoms with Gasteiger partial charge in [-0.15, -0.1) is 0 Å². The van der Waals surface area contributed by atoms with E-state index in [1.54, 1.807) is 18.2 Å². The van der Waals surface area contributed by atoms with Crippen LogP contribution in [-0.2, 0) is 11.2 Å². The highest BCUT2D eigenvalue weighted by Gasteiger charge is 2.17. The van der Waals surface area contributed by atoms with Crippen molar-refractivity contribution < 1.29 is 22.7 Å². The number of halogens is 3. The zero-order chi connectivity index (χ0) is 19.2. The summed E-state index contributed by atoms with van der Waals surface area (Å²) in [7, 11) is 0. The molecule has 7 heteroatoms. The Morgan fingerprint density at radius 1 is 1.07 bits per heavy atom. The normalized spacial score (nSPS) is 14.3. The van der Waals surface area contributed by atoms with E-state index in [9.17, 15) is 18.0 Å². The molecular formula is C20H21F3N2O2. The lowest BCUT2D eigenvalue weighted by atomic mass is 10.1. The van der Waals surface area contributed by atoms with Crippen LogP contribution in [0.15, 0.2) is 42.5 Å². The minimum atomic E-state index is -2.89. The third-order valence-corrected chi connectivity index (χ3v) is 4.44. The number of piperidine rings is 1.